The molecule has 5 heteroatoms. The molecule has 0 bridgehead atoms. The smallest absolute Gasteiger partial charge is 0.305 e. The van der Waals surface area contributed by atoms with Gasteiger partial charge in [-0.2, -0.15) is 0 Å². The third-order valence-electron chi connectivity index (χ3n) is 6.72. The second-order valence-corrected chi connectivity index (χ2v) is 8.77. The van der Waals surface area contributed by atoms with Crippen LogP contribution in [0.15, 0.2) is 12.2 Å². The average Bonchev–Trinajstić information content (AvgIpc) is 2.93. The van der Waals surface area contributed by atoms with E-state index in [1.54, 1.807) is 0 Å². The van der Waals surface area contributed by atoms with E-state index in [9.17, 15) is 19.8 Å². The van der Waals surface area contributed by atoms with E-state index in [4.69, 9.17) is 6.42 Å². The second-order valence-electron chi connectivity index (χ2n) is 8.77. The monoisotopic (exact) mass is 420 g/mol. The van der Waals surface area contributed by atoms with E-state index in [0.717, 1.165) is 25.7 Å². The Hall–Kier alpha value is -1.64. The van der Waals surface area contributed by atoms with E-state index in [1.165, 1.54) is 26.4 Å². The van der Waals surface area contributed by atoms with Crippen molar-refractivity contribution in [1.82, 2.24) is 0 Å². The molecule has 2 aliphatic rings. The zero-order valence-electron chi connectivity index (χ0n) is 18.9. The van der Waals surface area contributed by atoms with Gasteiger partial charge in [-0.05, 0) is 49.9 Å². The summed E-state index contributed by atoms with van der Waals surface area (Å²) in [5.74, 6) is 2.53. The van der Waals surface area contributed by atoms with Gasteiger partial charge >= 0.3 is 5.97 Å². The fourth-order valence-corrected chi connectivity index (χ4v) is 4.48. The van der Waals surface area contributed by atoms with Gasteiger partial charge in [0.2, 0.25) is 0 Å². The molecule has 0 heterocycles. The SMILES string of the molecule is C#CCC(O)C1(CCC)CCC1.COC(=O)CCC/C=C\C[C@H]1C(=O)C[C@@H](O)[C@@H]1C. The number of ketones is 1. The van der Waals surface area contributed by atoms with Gasteiger partial charge in [-0.25, -0.2) is 0 Å². The zero-order valence-corrected chi connectivity index (χ0v) is 18.9. The molecule has 1 unspecified atom stereocenters. The van der Waals surface area contributed by atoms with Crippen LogP contribution in [0.25, 0.3) is 0 Å². The van der Waals surface area contributed by atoms with Gasteiger partial charge in [0.05, 0.1) is 19.3 Å². The van der Waals surface area contributed by atoms with Crippen molar-refractivity contribution in [3.63, 3.8) is 0 Å². The van der Waals surface area contributed by atoms with Crippen molar-refractivity contribution >= 4 is 11.8 Å². The Bertz CT molecular complexity index is 599. The molecule has 0 aromatic rings. The number of allylic oxidation sites excluding steroid dienone is 2. The van der Waals surface area contributed by atoms with Crippen LogP contribution in [0.2, 0.25) is 0 Å². The zero-order chi connectivity index (χ0) is 22.6. The number of aliphatic hydroxyl groups excluding tert-OH is 2. The third-order valence-corrected chi connectivity index (χ3v) is 6.72. The summed E-state index contributed by atoms with van der Waals surface area (Å²) in [5, 5.41) is 19.4. The van der Waals surface area contributed by atoms with Gasteiger partial charge in [0.1, 0.15) is 5.78 Å². The Kier molecular flexibility index (Phi) is 12.0. The molecule has 2 N–H and O–H groups in total. The summed E-state index contributed by atoms with van der Waals surface area (Å²) in [6.45, 7) is 4.09. The number of rotatable bonds is 10. The van der Waals surface area contributed by atoms with E-state index in [1.807, 2.05) is 19.1 Å². The van der Waals surface area contributed by atoms with Crippen LogP contribution in [0.4, 0.5) is 0 Å². The predicted octanol–water partition coefficient (Wildman–Crippen LogP) is 4.20. The van der Waals surface area contributed by atoms with Gasteiger partial charge in [-0.15, -0.1) is 12.3 Å². The number of esters is 1. The fraction of sp³-hybridized carbons (Fsp3) is 0.760. The lowest BCUT2D eigenvalue weighted by Crippen LogP contribution is -2.41. The molecule has 0 aliphatic heterocycles. The first kappa shape index (κ1) is 26.4. The van der Waals surface area contributed by atoms with Crippen LogP contribution in [0.5, 0.6) is 0 Å². The summed E-state index contributed by atoms with van der Waals surface area (Å²) in [7, 11) is 1.39. The summed E-state index contributed by atoms with van der Waals surface area (Å²) < 4.78 is 4.54. The molecular formula is C25H40O5. The highest BCUT2D eigenvalue weighted by atomic mass is 16.5. The molecule has 5 nitrogen and oxygen atoms in total. The summed E-state index contributed by atoms with van der Waals surface area (Å²) in [4.78, 5) is 22.4. The number of Topliss-reactive ketones (excluding diaryl/α,β-unsaturated/α-hetero) is 1. The third kappa shape index (κ3) is 7.89. The first-order valence-electron chi connectivity index (χ1n) is 11.4. The lowest BCUT2D eigenvalue weighted by molar-refractivity contribution is -0.140. The number of carbonyl (C=O) groups is 2. The highest BCUT2D eigenvalue weighted by molar-refractivity contribution is 5.84. The molecule has 0 spiro atoms. The molecule has 2 aliphatic carbocycles. The largest absolute Gasteiger partial charge is 0.469 e. The van der Waals surface area contributed by atoms with Gasteiger partial charge in [0, 0.05) is 25.2 Å². The van der Waals surface area contributed by atoms with Crippen molar-refractivity contribution < 1.29 is 24.5 Å². The minimum absolute atomic E-state index is 0.0446. The predicted molar refractivity (Wildman–Crippen MR) is 119 cm³/mol. The number of terminal acetylenes is 1. The second kappa shape index (κ2) is 13.6. The molecule has 0 amide bonds. The summed E-state index contributed by atoms with van der Waals surface area (Å²) >= 11 is 0. The van der Waals surface area contributed by atoms with Crippen LogP contribution >= 0.6 is 0 Å². The molecule has 2 saturated carbocycles. The molecule has 170 valence electrons. The summed E-state index contributed by atoms with van der Waals surface area (Å²) in [6.07, 6.45) is 17.8. The number of hydrogen-bond acceptors (Lipinski definition) is 5. The highest BCUT2D eigenvalue weighted by Gasteiger charge is 2.41. The average molecular weight is 421 g/mol. The van der Waals surface area contributed by atoms with Gasteiger partial charge < -0.3 is 14.9 Å². The Morgan fingerprint density at radius 1 is 1.40 bits per heavy atom. The maximum atomic E-state index is 11.6. The summed E-state index contributed by atoms with van der Waals surface area (Å²) in [5.41, 5.74) is 0.196. The molecule has 30 heavy (non-hydrogen) atoms. The van der Waals surface area contributed by atoms with E-state index < -0.39 is 6.10 Å². The van der Waals surface area contributed by atoms with E-state index in [-0.39, 0.29) is 35.1 Å². The maximum absolute atomic E-state index is 11.6. The Balaban J connectivity index is 0.000000325. The van der Waals surface area contributed by atoms with Gasteiger partial charge in [0.25, 0.3) is 0 Å². The van der Waals surface area contributed by atoms with Crippen LogP contribution in [-0.4, -0.2) is 41.3 Å². The normalized spacial score (nSPS) is 25.7. The number of aliphatic hydroxyl groups is 2. The molecular weight excluding hydrogens is 380 g/mol. The Morgan fingerprint density at radius 2 is 2.10 bits per heavy atom. The van der Waals surface area contributed by atoms with Crippen LogP contribution in [0.1, 0.15) is 84.5 Å². The number of hydrogen-bond donors (Lipinski definition) is 2. The van der Waals surface area contributed by atoms with Crippen molar-refractivity contribution in [2.24, 2.45) is 17.3 Å². The topological polar surface area (TPSA) is 83.8 Å². The van der Waals surface area contributed by atoms with Crippen molar-refractivity contribution in [2.45, 2.75) is 96.7 Å². The molecule has 0 aromatic heterocycles. The van der Waals surface area contributed by atoms with E-state index in [2.05, 4.69) is 17.6 Å². The Morgan fingerprint density at radius 3 is 2.57 bits per heavy atom. The minimum atomic E-state index is -0.477. The van der Waals surface area contributed by atoms with Gasteiger partial charge in [-0.3, -0.25) is 9.59 Å². The molecule has 0 saturated heterocycles. The molecule has 2 fully saturated rings. The Labute approximate surface area is 182 Å². The number of ether oxygens (including phenoxy) is 1. The number of carbonyl (C=O) groups excluding carboxylic acids is 2. The van der Waals surface area contributed by atoms with Gasteiger partial charge in [-0.1, -0.05) is 38.8 Å². The lowest BCUT2D eigenvalue weighted by atomic mass is 9.62. The van der Waals surface area contributed by atoms with Gasteiger partial charge in [0.15, 0.2) is 0 Å². The minimum Gasteiger partial charge on any atom is -0.469 e. The maximum Gasteiger partial charge on any atom is 0.305 e. The molecule has 0 aromatic carbocycles. The summed E-state index contributed by atoms with van der Waals surface area (Å²) in [6, 6.07) is 0. The van der Waals surface area contributed by atoms with Crippen LogP contribution in [-0.2, 0) is 14.3 Å². The fourth-order valence-electron chi connectivity index (χ4n) is 4.48. The first-order valence-corrected chi connectivity index (χ1v) is 11.4. The molecule has 4 atom stereocenters. The molecule has 0 radical (unpaired) electrons. The van der Waals surface area contributed by atoms with Crippen molar-refractivity contribution in [3.8, 4) is 12.3 Å². The standard InChI is InChI=1S/C14H22O4.C11H18O/c1-10-11(13(16)9-12(10)15)7-5-3-4-6-8-14(17)18-2;1-3-6-10(12)11(7-4-2)8-5-9-11/h3,5,10-12,15H,4,6-9H2,1-2H3;1,10,12H,4-9H2,2H3/b5-3-;/t10-,11-,12-;/m1./s1. The molecule has 2 rings (SSSR count). The van der Waals surface area contributed by atoms with Crippen LogP contribution in [0, 0.1) is 29.6 Å². The number of unbranched alkanes of at least 4 members (excludes halogenated alkanes) is 1. The van der Waals surface area contributed by atoms with Crippen molar-refractivity contribution in [3.05, 3.63) is 12.2 Å². The van der Waals surface area contributed by atoms with Crippen LogP contribution < -0.4 is 0 Å². The highest BCUT2D eigenvalue weighted by Crippen LogP contribution is 2.48. The van der Waals surface area contributed by atoms with Crippen molar-refractivity contribution in [1.29, 1.82) is 0 Å². The van der Waals surface area contributed by atoms with E-state index in [0.29, 0.717) is 25.7 Å². The number of methoxy groups -OCH3 is 1. The van der Waals surface area contributed by atoms with E-state index >= 15 is 0 Å². The first-order chi connectivity index (χ1) is 14.3. The van der Waals surface area contributed by atoms with Crippen molar-refractivity contribution in [2.75, 3.05) is 7.11 Å². The quantitative estimate of drug-likeness (QED) is 0.239. The van der Waals surface area contributed by atoms with Crippen LogP contribution in [0.3, 0.4) is 0 Å². The lowest BCUT2D eigenvalue weighted by Gasteiger charge is -2.45.